The minimum Gasteiger partial charge on any atom is -0.496 e. The van der Waals surface area contributed by atoms with E-state index in [4.69, 9.17) is 9.47 Å². The van der Waals surface area contributed by atoms with Gasteiger partial charge in [0.25, 0.3) is 0 Å². The number of carbonyl (C=O) groups excluding carboxylic acids is 1. The third-order valence-electron chi connectivity index (χ3n) is 4.35. The number of rotatable bonds is 6. The molecule has 0 spiro atoms. The molecule has 1 saturated heterocycles. The van der Waals surface area contributed by atoms with Crippen molar-refractivity contribution in [2.24, 2.45) is 0 Å². The molecule has 6 nitrogen and oxygen atoms in total. The van der Waals surface area contributed by atoms with E-state index in [0.29, 0.717) is 25.1 Å². The maximum atomic E-state index is 12.7. The van der Waals surface area contributed by atoms with E-state index in [1.54, 1.807) is 7.11 Å². The molecule has 1 aliphatic heterocycles. The third kappa shape index (κ3) is 3.32. The SMILES string of the molecule is COCC1(C(=O)O)CCCN1C(=O)Cc1cc(C)ccc1OC. The fraction of sp³-hybridized carbons (Fsp3) is 0.529. The smallest absolute Gasteiger partial charge is 0.332 e. The Morgan fingerprint density at radius 2 is 2.09 bits per heavy atom. The van der Waals surface area contributed by atoms with Crippen LogP contribution in [-0.4, -0.2) is 54.8 Å². The lowest BCUT2D eigenvalue weighted by atomic mass is 9.96. The zero-order valence-electron chi connectivity index (χ0n) is 13.8. The lowest BCUT2D eigenvalue weighted by Crippen LogP contribution is -2.56. The second kappa shape index (κ2) is 7.00. The van der Waals surface area contributed by atoms with Crippen LogP contribution in [0.4, 0.5) is 0 Å². The van der Waals surface area contributed by atoms with Gasteiger partial charge in [0.05, 0.1) is 20.1 Å². The van der Waals surface area contributed by atoms with Crippen LogP contribution in [0.5, 0.6) is 5.75 Å². The van der Waals surface area contributed by atoms with Crippen molar-refractivity contribution >= 4 is 11.9 Å². The van der Waals surface area contributed by atoms with Gasteiger partial charge in [0, 0.05) is 19.2 Å². The lowest BCUT2D eigenvalue weighted by Gasteiger charge is -2.34. The molecule has 1 fully saturated rings. The van der Waals surface area contributed by atoms with Gasteiger partial charge in [-0.2, -0.15) is 0 Å². The van der Waals surface area contributed by atoms with Crippen molar-refractivity contribution in [3.63, 3.8) is 0 Å². The van der Waals surface area contributed by atoms with Crippen LogP contribution >= 0.6 is 0 Å². The number of amides is 1. The van der Waals surface area contributed by atoms with Crippen LogP contribution in [0.3, 0.4) is 0 Å². The number of hydrogen-bond donors (Lipinski definition) is 1. The Hall–Kier alpha value is -2.08. The van der Waals surface area contributed by atoms with Crippen molar-refractivity contribution in [1.29, 1.82) is 0 Å². The topological polar surface area (TPSA) is 76.1 Å². The van der Waals surface area contributed by atoms with Crippen LogP contribution in [0.25, 0.3) is 0 Å². The first-order valence-electron chi connectivity index (χ1n) is 7.61. The maximum Gasteiger partial charge on any atom is 0.332 e. The fourth-order valence-electron chi connectivity index (χ4n) is 3.22. The van der Waals surface area contributed by atoms with Crippen molar-refractivity contribution in [3.8, 4) is 5.75 Å². The zero-order valence-corrected chi connectivity index (χ0v) is 13.8. The molecular weight excluding hydrogens is 298 g/mol. The van der Waals surface area contributed by atoms with E-state index in [1.807, 2.05) is 25.1 Å². The van der Waals surface area contributed by atoms with Gasteiger partial charge in [0.2, 0.25) is 5.91 Å². The molecule has 1 aromatic rings. The fourth-order valence-corrected chi connectivity index (χ4v) is 3.22. The number of ether oxygens (including phenoxy) is 2. The van der Waals surface area contributed by atoms with Crippen LogP contribution in [0, 0.1) is 6.92 Å². The molecule has 23 heavy (non-hydrogen) atoms. The van der Waals surface area contributed by atoms with E-state index in [1.165, 1.54) is 12.0 Å². The van der Waals surface area contributed by atoms with E-state index in [2.05, 4.69) is 0 Å². The van der Waals surface area contributed by atoms with Gasteiger partial charge < -0.3 is 19.5 Å². The van der Waals surface area contributed by atoms with Gasteiger partial charge in [-0.15, -0.1) is 0 Å². The average Bonchev–Trinajstić information content (AvgIpc) is 2.93. The molecule has 0 saturated carbocycles. The summed E-state index contributed by atoms with van der Waals surface area (Å²) in [5.41, 5.74) is 0.528. The van der Waals surface area contributed by atoms with Crippen LogP contribution in [0.1, 0.15) is 24.0 Å². The highest BCUT2D eigenvalue weighted by molar-refractivity contribution is 5.89. The number of benzene rings is 1. The Balaban J connectivity index is 2.26. The quantitative estimate of drug-likeness (QED) is 0.862. The molecule has 6 heteroatoms. The van der Waals surface area contributed by atoms with Gasteiger partial charge in [-0.25, -0.2) is 4.79 Å². The van der Waals surface area contributed by atoms with E-state index in [9.17, 15) is 14.7 Å². The predicted molar refractivity (Wildman–Crippen MR) is 84.6 cm³/mol. The number of aryl methyl sites for hydroxylation is 1. The minimum absolute atomic E-state index is 0.000967. The van der Waals surface area contributed by atoms with E-state index >= 15 is 0 Å². The first-order valence-corrected chi connectivity index (χ1v) is 7.61. The van der Waals surface area contributed by atoms with Crippen molar-refractivity contribution in [1.82, 2.24) is 4.90 Å². The molecule has 1 aromatic carbocycles. The Labute approximate surface area is 136 Å². The minimum atomic E-state index is -1.26. The summed E-state index contributed by atoms with van der Waals surface area (Å²) in [5.74, 6) is -0.594. The molecule has 0 aliphatic carbocycles. The standard InChI is InChI=1S/C17H23NO5/c1-12-5-6-14(23-3)13(9-12)10-15(19)18-8-4-7-17(18,11-22-2)16(20)21/h5-6,9H,4,7-8,10-11H2,1-3H3,(H,20,21). The molecule has 0 radical (unpaired) electrons. The van der Waals surface area contributed by atoms with Gasteiger partial charge in [0.15, 0.2) is 5.54 Å². The number of nitrogens with zero attached hydrogens (tertiary/aromatic N) is 1. The number of carbonyl (C=O) groups is 2. The largest absolute Gasteiger partial charge is 0.496 e. The lowest BCUT2D eigenvalue weighted by molar-refractivity contribution is -0.160. The average molecular weight is 321 g/mol. The summed E-state index contributed by atoms with van der Waals surface area (Å²) in [6.07, 6.45) is 1.18. The Bertz CT molecular complexity index is 601. The summed E-state index contributed by atoms with van der Waals surface area (Å²) >= 11 is 0. The second-order valence-corrected chi connectivity index (χ2v) is 5.91. The second-order valence-electron chi connectivity index (χ2n) is 5.91. The van der Waals surface area contributed by atoms with E-state index in [0.717, 1.165) is 11.1 Å². The summed E-state index contributed by atoms with van der Waals surface area (Å²) < 4.78 is 10.4. The van der Waals surface area contributed by atoms with Gasteiger partial charge >= 0.3 is 5.97 Å². The molecule has 1 heterocycles. The number of methoxy groups -OCH3 is 2. The molecule has 1 atom stereocenters. The van der Waals surface area contributed by atoms with Crippen LogP contribution in [0.15, 0.2) is 18.2 Å². The third-order valence-corrected chi connectivity index (χ3v) is 4.35. The van der Waals surface area contributed by atoms with Crippen LogP contribution in [0.2, 0.25) is 0 Å². The van der Waals surface area contributed by atoms with Crippen molar-refractivity contribution in [2.75, 3.05) is 27.4 Å². The van der Waals surface area contributed by atoms with Gasteiger partial charge in [-0.1, -0.05) is 17.7 Å². The van der Waals surface area contributed by atoms with Crippen molar-refractivity contribution in [2.45, 2.75) is 31.7 Å². The van der Waals surface area contributed by atoms with Crippen molar-refractivity contribution in [3.05, 3.63) is 29.3 Å². The zero-order chi connectivity index (χ0) is 17.0. The Morgan fingerprint density at radius 3 is 2.70 bits per heavy atom. The highest BCUT2D eigenvalue weighted by Gasteiger charge is 2.50. The predicted octanol–water partition coefficient (Wildman–Crippen LogP) is 1.64. The first kappa shape index (κ1) is 17.3. The van der Waals surface area contributed by atoms with Gasteiger partial charge in [0.1, 0.15) is 5.75 Å². The molecule has 1 amide bonds. The summed E-state index contributed by atoms with van der Waals surface area (Å²) in [6.45, 7) is 2.37. The molecular formula is C17H23NO5. The normalized spacial score (nSPS) is 20.6. The summed E-state index contributed by atoms with van der Waals surface area (Å²) in [6, 6.07) is 5.63. The maximum absolute atomic E-state index is 12.7. The summed E-state index contributed by atoms with van der Waals surface area (Å²) in [7, 11) is 3.01. The molecule has 1 N–H and O–H groups in total. The molecule has 0 bridgehead atoms. The molecule has 0 aromatic heterocycles. The summed E-state index contributed by atoms with van der Waals surface area (Å²) in [4.78, 5) is 25.9. The Kier molecular flexibility index (Phi) is 5.26. The van der Waals surface area contributed by atoms with E-state index < -0.39 is 11.5 Å². The monoisotopic (exact) mass is 321 g/mol. The first-order chi connectivity index (χ1) is 10.9. The number of hydrogen-bond acceptors (Lipinski definition) is 4. The number of carboxylic acids is 1. The Morgan fingerprint density at radius 1 is 1.35 bits per heavy atom. The van der Waals surface area contributed by atoms with Gasteiger partial charge in [-0.05, 0) is 25.8 Å². The highest BCUT2D eigenvalue weighted by atomic mass is 16.5. The highest BCUT2D eigenvalue weighted by Crippen LogP contribution is 2.31. The van der Waals surface area contributed by atoms with Gasteiger partial charge in [-0.3, -0.25) is 4.79 Å². The van der Waals surface area contributed by atoms with Crippen LogP contribution < -0.4 is 4.74 Å². The number of aliphatic carboxylic acids is 1. The van der Waals surface area contributed by atoms with Crippen LogP contribution in [-0.2, 0) is 20.7 Å². The number of likely N-dealkylation sites (tertiary alicyclic amines) is 1. The van der Waals surface area contributed by atoms with E-state index in [-0.39, 0.29) is 18.9 Å². The summed E-state index contributed by atoms with van der Waals surface area (Å²) in [5, 5.41) is 9.63. The number of carboxylic acid groups (broad SMARTS) is 1. The molecule has 1 aliphatic rings. The van der Waals surface area contributed by atoms with Crippen molar-refractivity contribution < 1.29 is 24.2 Å². The molecule has 1 unspecified atom stereocenters. The molecule has 126 valence electrons. The molecule has 2 rings (SSSR count).